The van der Waals surface area contributed by atoms with E-state index < -0.39 is 28.8 Å². The van der Waals surface area contributed by atoms with E-state index in [1.807, 2.05) is 0 Å². The number of rotatable bonds is 2. The molecule has 94 valence electrons. The lowest BCUT2D eigenvalue weighted by Crippen LogP contribution is -2.17. The average Bonchev–Trinajstić information content (AvgIpc) is 2.34. The van der Waals surface area contributed by atoms with Gasteiger partial charge in [-0.2, -0.15) is 18.4 Å². The third-order valence-electron chi connectivity index (χ3n) is 2.11. The molecule has 1 aromatic rings. The van der Waals surface area contributed by atoms with Crippen molar-refractivity contribution in [3.63, 3.8) is 0 Å². The minimum atomic E-state index is -4.89. The molecule has 0 N–H and O–H groups in total. The molecule has 0 unspecified atom stereocenters. The largest absolute Gasteiger partial charge is 0.465 e. The van der Waals surface area contributed by atoms with Gasteiger partial charge in [-0.15, -0.1) is 0 Å². The maximum Gasteiger partial charge on any atom is 0.418 e. The number of benzene rings is 1. The van der Waals surface area contributed by atoms with Crippen molar-refractivity contribution in [2.75, 3.05) is 7.11 Å². The molecular formula is C11H6F3NO3. The van der Waals surface area contributed by atoms with Crippen LogP contribution in [-0.2, 0) is 10.9 Å². The summed E-state index contributed by atoms with van der Waals surface area (Å²) in [6.45, 7) is 0. The quantitative estimate of drug-likeness (QED) is 0.601. The van der Waals surface area contributed by atoms with Gasteiger partial charge in [-0.1, -0.05) is 0 Å². The van der Waals surface area contributed by atoms with E-state index in [4.69, 9.17) is 5.26 Å². The molecule has 0 saturated heterocycles. The molecule has 0 atom stereocenters. The maximum absolute atomic E-state index is 12.8. The van der Waals surface area contributed by atoms with Gasteiger partial charge in [0, 0.05) is 5.56 Å². The average molecular weight is 257 g/mol. The number of carbonyl (C=O) groups is 2. The predicted octanol–water partition coefficient (Wildman–Crippen LogP) is 2.18. The van der Waals surface area contributed by atoms with Gasteiger partial charge in [0.1, 0.15) is 6.29 Å². The first-order valence-electron chi connectivity index (χ1n) is 4.54. The first-order valence-corrected chi connectivity index (χ1v) is 4.54. The summed E-state index contributed by atoms with van der Waals surface area (Å²) < 4.78 is 42.5. The summed E-state index contributed by atoms with van der Waals surface area (Å²) in [5, 5.41) is 8.66. The van der Waals surface area contributed by atoms with Gasteiger partial charge in [0.2, 0.25) is 0 Å². The molecule has 0 aliphatic heterocycles. The normalized spacial score (nSPS) is 10.6. The predicted molar refractivity (Wildman–Crippen MR) is 52.9 cm³/mol. The molecule has 1 rings (SSSR count). The zero-order valence-electron chi connectivity index (χ0n) is 9.04. The number of nitriles is 1. The third kappa shape index (κ3) is 2.48. The van der Waals surface area contributed by atoms with Crippen LogP contribution >= 0.6 is 0 Å². The molecule has 7 heteroatoms. The summed E-state index contributed by atoms with van der Waals surface area (Å²) in [6, 6.07) is 2.81. The topological polar surface area (TPSA) is 67.2 Å². The van der Waals surface area contributed by atoms with Crippen LogP contribution in [0.4, 0.5) is 13.2 Å². The van der Waals surface area contributed by atoms with Crippen LogP contribution in [0.15, 0.2) is 12.1 Å². The summed E-state index contributed by atoms with van der Waals surface area (Å²) in [5.41, 5.74) is -3.26. The number of halogens is 3. The number of nitrogens with zero attached hydrogens (tertiary/aromatic N) is 1. The van der Waals surface area contributed by atoms with Crippen molar-refractivity contribution in [1.29, 1.82) is 5.26 Å². The van der Waals surface area contributed by atoms with Gasteiger partial charge in [0.25, 0.3) is 0 Å². The molecule has 4 nitrogen and oxygen atoms in total. The number of ether oxygens (including phenoxy) is 1. The van der Waals surface area contributed by atoms with E-state index in [1.165, 1.54) is 6.07 Å². The van der Waals surface area contributed by atoms with Gasteiger partial charge in [-0.05, 0) is 12.1 Å². The second kappa shape index (κ2) is 4.87. The van der Waals surface area contributed by atoms with Gasteiger partial charge >= 0.3 is 12.1 Å². The van der Waals surface area contributed by atoms with Crippen molar-refractivity contribution < 1.29 is 27.5 Å². The Morgan fingerprint density at radius 3 is 2.44 bits per heavy atom. The van der Waals surface area contributed by atoms with Crippen LogP contribution in [0, 0.1) is 11.3 Å². The first kappa shape index (κ1) is 13.7. The van der Waals surface area contributed by atoms with Gasteiger partial charge in [0.15, 0.2) is 0 Å². The Labute approximate surface area is 99.6 Å². The monoisotopic (exact) mass is 257 g/mol. The summed E-state index contributed by atoms with van der Waals surface area (Å²) in [7, 11) is 0.905. The smallest absolute Gasteiger partial charge is 0.418 e. The van der Waals surface area contributed by atoms with Crippen LogP contribution in [0.3, 0.4) is 0 Å². The zero-order chi connectivity index (χ0) is 13.9. The van der Waals surface area contributed by atoms with Crippen LogP contribution in [-0.4, -0.2) is 19.4 Å². The minimum absolute atomic E-state index is 0.208. The molecule has 0 spiro atoms. The Hall–Kier alpha value is -2.36. The van der Waals surface area contributed by atoms with E-state index in [-0.39, 0.29) is 11.8 Å². The Kier molecular flexibility index (Phi) is 3.71. The number of methoxy groups -OCH3 is 1. The Bertz CT molecular complexity index is 544. The van der Waals surface area contributed by atoms with Crippen LogP contribution in [0.1, 0.15) is 31.8 Å². The molecule has 0 aliphatic rings. The summed E-state index contributed by atoms with van der Waals surface area (Å²) in [5.74, 6) is -1.26. The van der Waals surface area contributed by atoms with Crippen LogP contribution in [0.25, 0.3) is 0 Å². The Morgan fingerprint density at radius 1 is 1.44 bits per heavy atom. The van der Waals surface area contributed by atoms with Crippen molar-refractivity contribution in [3.05, 3.63) is 34.4 Å². The lowest BCUT2D eigenvalue weighted by molar-refractivity contribution is -0.138. The van der Waals surface area contributed by atoms with Crippen molar-refractivity contribution in [3.8, 4) is 6.07 Å². The van der Waals surface area contributed by atoms with E-state index >= 15 is 0 Å². The lowest BCUT2D eigenvalue weighted by Gasteiger charge is -2.13. The van der Waals surface area contributed by atoms with Crippen molar-refractivity contribution in [1.82, 2.24) is 0 Å². The summed E-state index contributed by atoms with van der Waals surface area (Å²) in [6.07, 6.45) is -4.65. The van der Waals surface area contributed by atoms with Crippen LogP contribution < -0.4 is 0 Å². The molecule has 1 aromatic carbocycles. The minimum Gasteiger partial charge on any atom is -0.465 e. The van der Waals surface area contributed by atoms with Crippen LogP contribution in [0.2, 0.25) is 0 Å². The van der Waals surface area contributed by atoms with Crippen molar-refractivity contribution >= 4 is 12.3 Å². The molecule has 0 fully saturated rings. The summed E-state index contributed by atoms with van der Waals surface area (Å²) in [4.78, 5) is 21.8. The number of hydrogen-bond donors (Lipinski definition) is 0. The number of hydrogen-bond acceptors (Lipinski definition) is 4. The molecule has 0 heterocycles. The number of alkyl halides is 3. The van der Waals surface area contributed by atoms with E-state index in [9.17, 15) is 22.8 Å². The van der Waals surface area contributed by atoms with Gasteiger partial charge in [0.05, 0.1) is 29.9 Å². The molecule has 0 aliphatic carbocycles. The number of aldehydes is 1. The van der Waals surface area contributed by atoms with E-state index in [0.717, 1.165) is 19.2 Å². The van der Waals surface area contributed by atoms with Gasteiger partial charge in [-0.25, -0.2) is 4.79 Å². The highest BCUT2D eigenvalue weighted by atomic mass is 19.4. The number of esters is 1. The maximum atomic E-state index is 12.8. The highest BCUT2D eigenvalue weighted by Crippen LogP contribution is 2.35. The zero-order valence-corrected chi connectivity index (χ0v) is 9.04. The molecule has 0 radical (unpaired) electrons. The Balaban J connectivity index is 3.70. The fourth-order valence-electron chi connectivity index (χ4n) is 1.40. The summed E-state index contributed by atoms with van der Waals surface area (Å²) >= 11 is 0. The third-order valence-corrected chi connectivity index (χ3v) is 2.11. The lowest BCUT2D eigenvalue weighted by atomic mass is 9.98. The highest BCUT2D eigenvalue weighted by molar-refractivity contribution is 5.94. The standard InChI is InChI=1S/C11H6F3NO3/c1-18-10(17)8-3-6(5-16)2-7(4-15)9(8)11(12,13)14/h2-3,5H,1H3. The Morgan fingerprint density at radius 2 is 2.06 bits per heavy atom. The van der Waals surface area contributed by atoms with E-state index in [0.29, 0.717) is 0 Å². The highest BCUT2D eigenvalue weighted by Gasteiger charge is 2.39. The van der Waals surface area contributed by atoms with E-state index in [1.54, 1.807) is 0 Å². The molecular weight excluding hydrogens is 251 g/mol. The second-order valence-electron chi connectivity index (χ2n) is 3.21. The fraction of sp³-hybridized carbons (Fsp3) is 0.182. The van der Waals surface area contributed by atoms with Crippen LogP contribution in [0.5, 0.6) is 0 Å². The van der Waals surface area contributed by atoms with Gasteiger partial charge < -0.3 is 4.74 Å². The SMILES string of the molecule is COC(=O)c1cc(C=O)cc(C#N)c1C(F)(F)F. The van der Waals surface area contributed by atoms with E-state index in [2.05, 4.69) is 4.74 Å². The molecule has 18 heavy (non-hydrogen) atoms. The molecule has 0 aromatic heterocycles. The van der Waals surface area contributed by atoms with Crippen molar-refractivity contribution in [2.45, 2.75) is 6.18 Å². The molecule has 0 amide bonds. The molecule has 0 bridgehead atoms. The molecule has 0 saturated carbocycles. The second-order valence-corrected chi connectivity index (χ2v) is 3.21. The fourth-order valence-corrected chi connectivity index (χ4v) is 1.40. The van der Waals surface area contributed by atoms with Gasteiger partial charge in [-0.3, -0.25) is 4.79 Å². The van der Waals surface area contributed by atoms with Crippen molar-refractivity contribution in [2.24, 2.45) is 0 Å². The number of carbonyl (C=O) groups excluding carboxylic acids is 2. The first-order chi connectivity index (χ1) is 8.35.